The summed E-state index contributed by atoms with van der Waals surface area (Å²) in [6.45, 7) is 7.81. The summed E-state index contributed by atoms with van der Waals surface area (Å²) in [6.07, 6.45) is 2.50. The lowest BCUT2D eigenvalue weighted by atomic mass is 9.90. The molecule has 0 aliphatic carbocycles. The van der Waals surface area contributed by atoms with E-state index in [2.05, 4.69) is 80.7 Å². The van der Waals surface area contributed by atoms with Gasteiger partial charge in [-0.25, -0.2) is 0 Å². The highest BCUT2D eigenvalue weighted by molar-refractivity contribution is 5.63. The molecule has 112 valence electrons. The molecular weight excluding hydrogens is 254 g/mol. The second-order valence-corrected chi connectivity index (χ2v) is 5.79. The number of benzene rings is 2. The van der Waals surface area contributed by atoms with Gasteiger partial charge in [0.2, 0.25) is 0 Å². The van der Waals surface area contributed by atoms with Crippen LogP contribution in [0, 0.1) is 5.92 Å². The van der Waals surface area contributed by atoms with Crippen LogP contribution in [0.3, 0.4) is 0 Å². The van der Waals surface area contributed by atoms with Crippen molar-refractivity contribution in [2.45, 2.75) is 39.7 Å². The van der Waals surface area contributed by atoms with Crippen LogP contribution in [0.1, 0.15) is 45.2 Å². The molecule has 2 unspecified atom stereocenters. The first-order chi connectivity index (χ1) is 10.3. The Bertz CT molecular complexity index is 515. The fourth-order valence-corrected chi connectivity index (χ4v) is 3.00. The van der Waals surface area contributed by atoms with Crippen molar-refractivity contribution in [2.75, 3.05) is 6.54 Å². The number of hydrogen-bond acceptors (Lipinski definition) is 1. The van der Waals surface area contributed by atoms with Crippen molar-refractivity contribution in [1.82, 2.24) is 5.32 Å². The van der Waals surface area contributed by atoms with Crippen molar-refractivity contribution in [1.29, 1.82) is 0 Å². The maximum absolute atomic E-state index is 3.64. The molecule has 1 N–H and O–H groups in total. The average Bonchev–Trinajstić information content (AvgIpc) is 2.54. The van der Waals surface area contributed by atoms with Crippen molar-refractivity contribution in [3.8, 4) is 11.1 Å². The SMILES string of the molecule is CCCC(C)C(NCC)c1ccc(-c2ccccc2)cc1. The van der Waals surface area contributed by atoms with Crippen LogP contribution in [-0.4, -0.2) is 6.54 Å². The zero-order valence-electron chi connectivity index (χ0n) is 13.5. The van der Waals surface area contributed by atoms with Gasteiger partial charge in [-0.3, -0.25) is 0 Å². The number of nitrogens with one attached hydrogen (secondary N) is 1. The topological polar surface area (TPSA) is 12.0 Å². The third kappa shape index (κ3) is 4.18. The first-order valence-corrected chi connectivity index (χ1v) is 8.15. The Morgan fingerprint density at radius 3 is 2.05 bits per heavy atom. The van der Waals surface area contributed by atoms with Crippen molar-refractivity contribution in [3.05, 3.63) is 60.2 Å². The van der Waals surface area contributed by atoms with Crippen LogP contribution in [0.4, 0.5) is 0 Å². The van der Waals surface area contributed by atoms with Gasteiger partial charge in [0.15, 0.2) is 0 Å². The lowest BCUT2D eigenvalue weighted by Gasteiger charge is -2.25. The zero-order chi connectivity index (χ0) is 15.1. The minimum Gasteiger partial charge on any atom is -0.310 e. The van der Waals surface area contributed by atoms with Crippen LogP contribution in [0.25, 0.3) is 11.1 Å². The van der Waals surface area contributed by atoms with E-state index in [0.717, 1.165) is 6.54 Å². The first-order valence-electron chi connectivity index (χ1n) is 8.15. The summed E-state index contributed by atoms with van der Waals surface area (Å²) in [6, 6.07) is 20.1. The van der Waals surface area contributed by atoms with Gasteiger partial charge in [0.1, 0.15) is 0 Å². The number of rotatable bonds is 7. The van der Waals surface area contributed by atoms with Gasteiger partial charge in [-0.2, -0.15) is 0 Å². The van der Waals surface area contributed by atoms with Gasteiger partial charge in [-0.15, -0.1) is 0 Å². The van der Waals surface area contributed by atoms with Crippen LogP contribution < -0.4 is 5.32 Å². The Balaban J connectivity index is 2.19. The Morgan fingerprint density at radius 1 is 0.857 bits per heavy atom. The van der Waals surface area contributed by atoms with Gasteiger partial charge in [0, 0.05) is 6.04 Å². The van der Waals surface area contributed by atoms with Gasteiger partial charge in [0.05, 0.1) is 0 Å². The van der Waals surface area contributed by atoms with Gasteiger partial charge in [0.25, 0.3) is 0 Å². The van der Waals surface area contributed by atoms with E-state index >= 15 is 0 Å². The maximum atomic E-state index is 3.64. The zero-order valence-corrected chi connectivity index (χ0v) is 13.5. The lowest BCUT2D eigenvalue weighted by molar-refractivity contribution is 0.369. The van der Waals surface area contributed by atoms with Crippen LogP contribution in [0.15, 0.2) is 54.6 Å². The molecule has 0 amide bonds. The molecule has 0 spiro atoms. The molecule has 0 aliphatic rings. The van der Waals surface area contributed by atoms with Crippen molar-refractivity contribution in [3.63, 3.8) is 0 Å². The molecule has 1 nitrogen and oxygen atoms in total. The van der Waals surface area contributed by atoms with Crippen LogP contribution in [-0.2, 0) is 0 Å². The van der Waals surface area contributed by atoms with Crippen molar-refractivity contribution >= 4 is 0 Å². The summed E-state index contributed by atoms with van der Waals surface area (Å²) in [5.74, 6) is 0.664. The van der Waals surface area contributed by atoms with Gasteiger partial charge >= 0.3 is 0 Å². The molecule has 2 aromatic carbocycles. The molecule has 0 saturated carbocycles. The quantitative estimate of drug-likeness (QED) is 0.712. The van der Waals surface area contributed by atoms with Gasteiger partial charge < -0.3 is 5.32 Å². The van der Waals surface area contributed by atoms with Gasteiger partial charge in [-0.05, 0) is 35.6 Å². The monoisotopic (exact) mass is 281 g/mol. The Kier molecular flexibility index (Phi) is 6.01. The third-order valence-corrected chi connectivity index (χ3v) is 4.11. The molecule has 0 bridgehead atoms. The summed E-state index contributed by atoms with van der Waals surface area (Å²) in [5, 5.41) is 3.64. The molecule has 2 rings (SSSR count). The van der Waals surface area contributed by atoms with E-state index in [1.54, 1.807) is 0 Å². The molecule has 1 heteroatoms. The minimum absolute atomic E-state index is 0.458. The molecular formula is C20H27N. The molecule has 21 heavy (non-hydrogen) atoms. The highest BCUT2D eigenvalue weighted by atomic mass is 14.9. The molecule has 0 aliphatic heterocycles. The van der Waals surface area contributed by atoms with E-state index in [9.17, 15) is 0 Å². The summed E-state index contributed by atoms with van der Waals surface area (Å²) in [4.78, 5) is 0. The highest BCUT2D eigenvalue weighted by Crippen LogP contribution is 2.28. The normalized spacial score (nSPS) is 13.9. The summed E-state index contributed by atoms with van der Waals surface area (Å²) in [7, 11) is 0. The van der Waals surface area contributed by atoms with Crippen LogP contribution in [0.2, 0.25) is 0 Å². The highest BCUT2D eigenvalue weighted by Gasteiger charge is 2.17. The van der Waals surface area contributed by atoms with Crippen LogP contribution in [0.5, 0.6) is 0 Å². The Hall–Kier alpha value is -1.60. The van der Waals surface area contributed by atoms with E-state index in [-0.39, 0.29) is 0 Å². The summed E-state index contributed by atoms with van der Waals surface area (Å²) < 4.78 is 0. The van der Waals surface area contributed by atoms with E-state index in [0.29, 0.717) is 12.0 Å². The van der Waals surface area contributed by atoms with Crippen LogP contribution >= 0.6 is 0 Å². The van der Waals surface area contributed by atoms with E-state index in [1.807, 2.05) is 0 Å². The molecule has 2 aromatic rings. The lowest BCUT2D eigenvalue weighted by Crippen LogP contribution is -2.26. The largest absolute Gasteiger partial charge is 0.310 e. The number of hydrogen-bond donors (Lipinski definition) is 1. The molecule has 0 aromatic heterocycles. The first kappa shape index (κ1) is 15.8. The Labute approximate surface area is 129 Å². The maximum Gasteiger partial charge on any atom is 0.0345 e. The second-order valence-electron chi connectivity index (χ2n) is 5.79. The van der Waals surface area contributed by atoms with Gasteiger partial charge in [-0.1, -0.05) is 81.8 Å². The standard InChI is InChI=1S/C20H27N/c1-4-9-16(3)20(21-5-2)19-14-12-18(13-15-19)17-10-7-6-8-11-17/h6-8,10-16,20-21H,4-5,9H2,1-3H3. The van der Waals surface area contributed by atoms with E-state index in [4.69, 9.17) is 0 Å². The summed E-state index contributed by atoms with van der Waals surface area (Å²) in [5.41, 5.74) is 3.97. The minimum atomic E-state index is 0.458. The molecule has 2 atom stereocenters. The van der Waals surface area contributed by atoms with E-state index in [1.165, 1.54) is 29.5 Å². The second kappa shape index (κ2) is 7.99. The summed E-state index contributed by atoms with van der Waals surface area (Å²) >= 11 is 0. The molecule has 0 heterocycles. The predicted molar refractivity (Wildman–Crippen MR) is 92.4 cm³/mol. The Morgan fingerprint density at radius 2 is 1.48 bits per heavy atom. The fraction of sp³-hybridized carbons (Fsp3) is 0.400. The fourth-order valence-electron chi connectivity index (χ4n) is 3.00. The van der Waals surface area contributed by atoms with E-state index < -0.39 is 0 Å². The van der Waals surface area contributed by atoms with Crippen molar-refractivity contribution < 1.29 is 0 Å². The predicted octanol–water partition coefficient (Wildman–Crippen LogP) is 5.44. The third-order valence-electron chi connectivity index (χ3n) is 4.11. The van der Waals surface area contributed by atoms with Crippen molar-refractivity contribution in [2.24, 2.45) is 5.92 Å². The molecule has 0 saturated heterocycles. The molecule has 0 fully saturated rings. The molecule has 0 radical (unpaired) electrons. The smallest absolute Gasteiger partial charge is 0.0345 e. The average molecular weight is 281 g/mol.